The first-order chi connectivity index (χ1) is 14.0. The number of hydrogen-bond acceptors (Lipinski definition) is 14. The fourth-order valence-electron chi connectivity index (χ4n) is 3.82. The molecule has 3 saturated heterocycles. The van der Waals surface area contributed by atoms with Crippen LogP contribution < -0.4 is 0 Å². The van der Waals surface area contributed by atoms with Crippen molar-refractivity contribution in [1.82, 2.24) is 0 Å². The molecule has 0 aromatic rings. The van der Waals surface area contributed by atoms with Crippen LogP contribution in [0.1, 0.15) is 6.42 Å². The van der Waals surface area contributed by atoms with Crippen molar-refractivity contribution in [2.45, 2.75) is 60.1 Å². The highest BCUT2D eigenvalue weighted by atomic mass is 17.0. The van der Waals surface area contributed by atoms with Gasteiger partial charge in [0, 0.05) is 6.42 Å². The summed E-state index contributed by atoms with van der Waals surface area (Å²) in [6.07, 6.45) is -10.4. The van der Waals surface area contributed by atoms with Crippen molar-refractivity contribution in [3.05, 3.63) is 12.7 Å². The summed E-state index contributed by atoms with van der Waals surface area (Å²) in [5.41, 5.74) is -2.82. The molecule has 3 aliphatic rings. The molecule has 14 nitrogen and oxygen atoms in total. The summed E-state index contributed by atoms with van der Waals surface area (Å²) in [6, 6.07) is 0. The average molecular weight is 440 g/mol. The molecule has 0 aliphatic carbocycles. The minimum absolute atomic E-state index is 0.635. The molecule has 30 heavy (non-hydrogen) atoms. The third-order valence-electron chi connectivity index (χ3n) is 5.45. The molecule has 1 unspecified atom stereocenters. The van der Waals surface area contributed by atoms with Crippen LogP contribution in [0.2, 0.25) is 0 Å². The predicted molar refractivity (Wildman–Crippen MR) is 87.9 cm³/mol. The highest BCUT2D eigenvalue weighted by Crippen LogP contribution is 2.54. The van der Waals surface area contributed by atoms with Crippen molar-refractivity contribution in [2.24, 2.45) is 0 Å². The van der Waals surface area contributed by atoms with Crippen LogP contribution in [0, 0.1) is 0 Å². The van der Waals surface area contributed by atoms with Crippen LogP contribution >= 0.6 is 0 Å². The number of ether oxygens (including phenoxy) is 5. The lowest BCUT2D eigenvalue weighted by molar-refractivity contribution is -0.540. The number of aliphatic hydroxyl groups is 8. The van der Waals surface area contributed by atoms with E-state index < -0.39 is 86.1 Å². The largest absolute Gasteiger partial charge is 0.515 e. The van der Waals surface area contributed by atoms with Gasteiger partial charge in [-0.05, 0) is 0 Å². The topological polar surface area (TPSA) is 225 Å². The molecule has 0 radical (unpaired) electrons. The van der Waals surface area contributed by atoms with Gasteiger partial charge in [0.15, 0.2) is 5.60 Å². The highest BCUT2D eigenvalue weighted by Gasteiger charge is 2.83. The molecule has 172 valence electrons. The maximum Gasteiger partial charge on any atom is 0.515 e. The zero-order chi connectivity index (χ0) is 22.5. The van der Waals surface area contributed by atoms with Gasteiger partial charge in [0.1, 0.15) is 37.1 Å². The van der Waals surface area contributed by atoms with Crippen LogP contribution in [0.5, 0.6) is 0 Å². The van der Waals surface area contributed by atoms with E-state index in [1.807, 2.05) is 0 Å². The molecule has 0 aromatic heterocycles. The van der Waals surface area contributed by atoms with Crippen molar-refractivity contribution >= 4 is 6.16 Å². The summed E-state index contributed by atoms with van der Waals surface area (Å²) in [5, 5.41) is 81.7. The van der Waals surface area contributed by atoms with Crippen molar-refractivity contribution in [1.29, 1.82) is 0 Å². The number of fused-ring (bicyclic) bond motifs is 1. The first-order valence-electron chi connectivity index (χ1n) is 8.90. The van der Waals surface area contributed by atoms with Gasteiger partial charge in [-0.3, -0.25) is 4.74 Å². The van der Waals surface area contributed by atoms with Crippen molar-refractivity contribution in [3.63, 3.8) is 0 Å². The minimum atomic E-state index is -3.33. The van der Waals surface area contributed by atoms with Gasteiger partial charge in [0.25, 0.3) is 0 Å². The van der Waals surface area contributed by atoms with E-state index in [0.717, 1.165) is 6.08 Å². The van der Waals surface area contributed by atoms with Crippen molar-refractivity contribution in [2.75, 3.05) is 19.8 Å². The molecule has 0 amide bonds. The Kier molecular flexibility index (Phi) is 5.90. The Morgan fingerprint density at radius 1 is 1.00 bits per heavy atom. The molecule has 3 heterocycles. The zero-order valence-corrected chi connectivity index (χ0v) is 15.5. The van der Waals surface area contributed by atoms with Crippen LogP contribution in [0.25, 0.3) is 0 Å². The smallest absolute Gasteiger partial charge is 0.394 e. The Hall–Kier alpha value is -1.43. The van der Waals surface area contributed by atoms with Gasteiger partial charge in [-0.2, -0.15) is 0 Å². The van der Waals surface area contributed by atoms with Crippen molar-refractivity contribution in [3.8, 4) is 0 Å². The molecule has 3 rings (SSSR count). The zero-order valence-electron chi connectivity index (χ0n) is 15.5. The van der Waals surface area contributed by atoms with Gasteiger partial charge >= 0.3 is 17.9 Å². The van der Waals surface area contributed by atoms with E-state index in [1.54, 1.807) is 0 Å². The van der Waals surface area contributed by atoms with E-state index in [1.165, 1.54) is 0 Å². The number of rotatable bonds is 7. The van der Waals surface area contributed by atoms with Crippen molar-refractivity contribution < 1.29 is 69.3 Å². The number of aliphatic hydroxyl groups excluding tert-OH is 6. The van der Waals surface area contributed by atoms with Crippen LogP contribution in [-0.4, -0.2) is 120 Å². The predicted octanol–water partition coefficient (Wildman–Crippen LogP) is -4.63. The fourth-order valence-corrected chi connectivity index (χ4v) is 3.82. The minimum Gasteiger partial charge on any atom is -0.394 e. The van der Waals surface area contributed by atoms with Crippen LogP contribution in [0.3, 0.4) is 0 Å². The van der Waals surface area contributed by atoms with Crippen LogP contribution in [-0.2, 0) is 23.7 Å². The van der Waals surface area contributed by atoms with E-state index >= 15 is 0 Å². The molecular weight excluding hydrogens is 416 g/mol. The van der Waals surface area contributed by atoms with E-state index in [0.29, 0.717) is 0 Å². The summed E-state index contributed by atoms with van der Waals surface area (Å²) in [5.74, 6) is -9.20. The first-order valence-corrected chi connectivity index (χ1v) is 8.90. The number of hydrogen-bond donors (Lipinski definition) is 8. The molecule has 0 bridgehead atoms. The Labute approximate surface area is 169 Å². The number of carbonyl (C=O) groups is 1. The second-order valence-electron chi connectivity index (χ2n) is 7.20. The molecule has 14 heteroatoms. The lowest BCUT2D eigenvalue weighted by Crippen LogP contribution is -2.80. The molecule has 0 spiro atoms. The average Bonchev–Trinajstić information content (AvgIpc) is 3.11. The molecule has 3 aliphatic heterocycles. The summed E-state index contributed by atoms with van der Waals surface area (Å²) in [4.78, 5) is 11.9. The Morgan fingerprint density at radius 2 is 1.63 bits per heavy atom. The summed E-state index contributed by atoms with van der Waals surface area (Å²) < 4.78 is 25.3. The fraction of sp³-hybridized carbons (Fsp3) is 0.812. The monoisotopic (exact) mass is 440 g/mol. The van der Waals surface area contributed by atoms with Gasteiger partial charge in [-0.15, -0.1) is 6.58 Å². The van der Waals surface area contributed by atoms with Gasteiger partial charge in [-0.1, -0.05) is 6.08 Å². The summed E-state index contributed by atoms with van der Waals surface area (Å²) in [7, 11) is 0. The molecular formula is C16H24O14. The third kappa shape index (κ3) is 2.89. The second kappa shape index (κ2) is 7.61. The normalized spacial score (nSPS) is 50.7. The van der Waals surface area contributed by atoms with Gasteiger partial charge in [0.05, 0.1) is 13.2 Å². The summed E-state index contributed by atoms with van der Waals surface area (Å²) in [6.45, 7) is 0.347. The lowest BCUT2D eigenvalue weighted by atomic mass is 9.77. The first kappa shape index (κ1) is 23.2. The standard InChI is InChI=1S/C16H24O14/c1-2-3-13(24)10(21)8(5-18)27-16(15(13,25)28-12(23)29-16)30-14(6-19)11(22)9(20)7(4-17)26-14/h2,7-11,17-22,24-25H,1,3-6H2/t7-,8-,9-,10-,11+,13+,14?,15+,16+/m1/s1. The molecule has 0 aromatic carbocycles. The van der Waals surface area contributed by atoms with E-state index in [9.17, 15) is 45.6 Å². The van der Waals surface area contributed by atoms with Gasteiger partial charge in [-0.25, -0.2) is 4.79 Å². The molecule has 8 N–H and O–H groups in total. The molecule has 0 saturated carbocycles. The van der Waals surface area contributed by atoms with E-state index in [4.69, 9.17) is 18.9 Å². The maximum atomic E-state index is 11.9. The Morgan fingerprint density at radius 3 is 2.13 bits per heavy atom. The summed E-state index contributed by atoms with van der Waals surface area (Å²) >= 11 is 0. The SMILES string of the molecule is C=CC[C@]1(O)[C@H](O)[C@@H](CO)O[C@]2(OC3(CO)O[C@H](CO)[C@@H](O)[C@@H]3O)OC(=O)O[C@]21O. The van der Waals surface area contributed by atoms with Gasteiger partial charge < -0.3 is 59.8 Å². The third-order valence-corrected chi connectivity index (χ3v) is 5.45. The molecule has 3 fully saturated rings. The number of carbonyl (C=O) groups excluding carboxylic acids is 1. The quantitative estimate of drug-likeness (QED) is 0.138. The molecule has 9 atom stereocenters. The van der Waals surface area contributed by atoms with E-state index in [-0.39, 0.29) is 0 Å². The lowest BCUT2D eigenvalue weighted by Gasteiger charge is -2.54. The van der Waals surface area contributed by atoms with Crippen LogP contribution in [0.15, 0.2) is 12.7 Å². The van der Waals surface area contributed by atoms with Gasteiger partial charge in [0.2, 0.25) is 5.79 Å². The van der Waals surface area contributed by atoms with E-state index in [2.05, 4.69) is 11.3 Å². The second-order valence-corrected chi connectivity index (χ2v) is 7.20. The highest BCUT2D eigenvalue weighted by molar-refractivity contribution is 5.64. The Bertz CT molecular complexity index is 689. The Balaban J connectivity index is 2.12. The maximum absolute atomic E-state index is 11.9. The van der Waals surface area contributed by atoms with Crippen LogP contribution in [0.4, 0.5) is 4.79 Å².